The van der Waals surface area contributed by atoms with Gasteiger partial charge in [-0.15, -0.1) is 0 Å². The molecule has 0 aliphatic rings. The van der Waals surface area contributed by atoms with Crippen molar-refractivity contribution in [2.45, 2.75) is 33.2 Å². The van der Waals surface area contributed by atoms with Gasteiger partial charge in [-0.05, 0) is 60.4 Å². The summed E-state index contributed by atoms with van der Waals surface area (Å²) in [4.78, 5) is 35.9. The van der Waals surface area contributed by atoms with Crippen molar-refractivity contribution in [1.82, 2.24) is 5.32 Å². The van der Waals surface area contributed by atoms with Crippen molar-refractivity contribution < 1.29 is 19.1 Å². The maximum absolute atomic E-state index is 12.6. The Morgan fingerprint density at radius 2 is 1.69 bits per heavy atom. The Morgan fingerprint density at radius 3 is 2.47 bits per heavy atom. The van der Waals surface area contributed by atoms with Gasteiger partial charge in [-0.2, -0.15) is 0 Å². The molecule has 3 aromatic carbocycles. The minimum Gasteiger partial charge on any atom is -0.427 e. The quantitative estimate of drug-likeness (QED) is 0.409. The number of amides is 2. The molecule has 0 unspecified atom stereocenters. The molecule has 2 N–H and O–H groups in total. The minimum absolute atomic E-state index is 0.0232. The van der Waals surface area contributed by atoms with Crippen LogP contribution in [0.25, 0.3) is 0 Å². The third kappa shape index (κ3) is 6.80. The van der Waals surface area contributed by atoms with Crippen molar-refractivity contribution in [3.8, 4) is 5.75 Å². The van der Waals surface area contributed by atoms with Crippen LogP contribution in [0.15, 0.2) is 72.8 Å². The maximum Gasteiger partial charge on any atom is 0.308 e. The van der Waals surface area contributed by atoms with Gasteiger partial charge in [0.15, 0.2) is 0 Å². The molecular formula is C26H26N2O4. The van der Waals surface area contributed by atoms with E-state index in [2.05, 4.69) is 10.6 Å². The van der Waals surface area contributed by atoms with E-state index < -0.39 is 5.97 Å². The molecule has 0 atom stereocenters. The monoisotopic (exact) mass is 430 g/mol. The van der Waals surface area contributed by atoms with Gasteiger partial charge in [0.1, 0.15) is 5.75 Å². The number of hydrogen-bond donors (Lipinski definition) is 2. The fourth-order valence-corrected chi connectivity index (χ4v) is 3.26. The van der Waals surface area contributed by atoms with Gasteiger partial charge >= 0.3 is 5.97 Å². The van der Waals surface area contributed by atoms with Crippen LogP contribution in [-0.4, -0.2) is 17.8 Å². The molecule has 3 rings (SSSR count). The summed E-state index contributed by atoms with van der Waals surface area (Å²) in [6.45, 7) is 3.72. The Morgan fingerprint density at radius 1 is 0.906 bits per heavy atom. The highest BCUT2D eigenvalue weighted by Gasteiger charge is 2.09. The number of ether oxygens (including phenoxy) is 1. The molecule has 0 saturated carbocycles. The normalized spacial score (nSPS) is 10.3. The molecule has 3 aromatic rings. The molecule has 32 heavy (non-hydrogen) atoms. The summed E-state index contributed by atoms with van der Waals surface area (Å²) in [7, 11) is 0. The molecule has 0 aliphatic carbocycles. The van der Waals surface area contributed by atoms with E-state index in [1.165, 1.54) is 24.1 Å². The molecule has 0 bridgehead atoms. The van der Waals surface area contributed by atoms with E-state index >= 15 is 0 Å². The first-order valence-electron chi connectivity index (χ1n) is 10.4. The lowest BCUT2D eigenvalue weighted by atomic mass is 10.0. The Labute approximate surface area is 187 Å². The Bertz CT molecular complexity index is 1120. The van der Waals surface area contributed by atoms with E-state index in [1.807, 2.05) is 49.4 Å². The van der Waals surface area contributed by atoms with Crippen molar-refractivity contribution in [1.29, 1.82) is 0 Å². The summed E-state index contributed by atoms with van der Waals surface area (Å²) in [6, 6.07) is 21.8. The van der Waals surface area contributed by atoms with Crippen LogP contribution in [-0.2, 0) is 22.6 Å². The van der Waals surface area contributed by atoms with Crippen LogP contribution in [0, 0.1) is 6.92 Å². The molecule has 6 nitrogen and oxygen atoms in total. The molecule has 2 amide bonds. The molecule has 0 aliphatic heterocycles. The van der Waals surface area contributed by atoms with Crippen LogP contribution in [0.2, 0.25) is 0 Å². The van der Waals surface area contributed by atoms with Gasteiger partial charge in [-0.3, -0.25) is 14.4 Å². The number of nitrogens with one attached hydrogen (secondary N) is 2. The second kappa shape index (κ2) is 10.9. The summed E-state index contributed by atoms with van der Waals surface area (Å²) < 4.78 is 5.02. The Kier molecular flexibility index (Phi) is 7.75. The van der Waals surface area contributed by atoms with Gasteiger partial charge in [0.25, 0.3) is 5.91 Å². The van der Waals surface area contributed by atoms with Gasteiger partial charge < -0.3 is 15.4 Å². The van der Waals surface area contributed by atoms with Gasteiger partial charge in [0, 0.05) is 31.1 Å². The minimum atomic E-state index is -0.448. The highest BCUT2D eigenvalue weighted by atomic mass is 16.5. The predicted octanol–water partition coefficient (Wildman–Crippen LogP) is 4.42. The number of anilines is 1. The van der Waals surface area contributed by atoms with Crippen molar-refractivity contribution in [2.75, 3.05) is 5.32 Å². The van der Waals surface area contributed by atoms with Crippen LogP contribution >= 0.6 is 0 Å². The van der Waals surface area contributed by atoms with Crippen molar-refractivity contribution in [3.05, 3.63) is 95.1 Å². The van der Waals surface area contributed by atoms with E-state index in [9.17, 15) is 14.4 Å². The molecule has 0 heterocycles. The van der Waals surface area contributed by atoms with E-state index in [-0.39, 0.29) is 11.8 Å². The Hall–Kier alpha value is -3.93. The van der Waals surface area contributed by atoms with Gasteiger partial charge in [-0.1, -0.05) is 42.5 Å². The smallest absolute Gasteiger partial charge is 0.308 e. The molecule has 0 fully saturated rings. The third-order valence-corrected chi connectivity index (χ3v) is 4.91. The zero-order valence-electron chi connectivity index (χ0n) is 18.2. The highest BCUT2D eigenvalue weighted by Crippen LogP contribution is 2.17. The number of hydrogen-bond acceptors (Lipinski definition) is 4. The molecule has 0 saturated heterocycles. The number of carbonyl (C=O) groups is 3. The summed E-state index contributed by atoms with van der Waals surface area (Å²) in [5.41, 5.74) is 4.21. The lowest BCUT2D eigenvalue weighted by Crippen LogP contribution is -2.23. The largest absolute Gasteiger partial charge is 0.427 e. The average Bonchev–Trinajstić information content (AvgIpc) is 2.77. The predicted molar refractivity (Wildman–Crippen MR) is 123 cm³/mol. The van der Waals surface area contributed by atoms with E-state index in [1.54, 1.807) is 24.3 Å². The summed E-state index contributed by atoms with van der Waals surface area (Å²) >= 11 is 0. The first-order valence-corrected chi connectivity index (χ1v) is 10.4. The van der Waals surface area contributed by atoms with Gasteiger partial charge in [0.05, 0.1) is 0 Å². The summed E-state index contributed by atoms with van der Waals surface area (Å²) in [5, 5.41) is 5.75. The lowest BCUT2D eigenvalue weighted by Gasteiger charge is -2.10. The SMILES string of the molecule is CC(=O)Oc1cccc(C(=O)Nc2cccc(CNC(=O)CCc3ccccc3C)c2)c1. The molecular weight excluding hydrogens is 404 g/mol. The fraction of sp³-hybridized carbons (Fsp3) is 0.192. The van der Waals surface area contributed by atoms with Crippen LogP contribution < -0.4 is 15.4 Å². The Balaban J connectivity index is 1.54. The summed E-state index contributed by atoms with van der Waals surface area (Å²) in [6.07, 6.45) is 1.11. The number of aryl methyl sites for hydroxylation is 2. The first-order chi connectivity index (χ1) is 15.4. The molecule has 0 radical (unpaired) electrons. The molecule has 164 valence electrons. The zero-order chi connectivity index (χ0) is 22.9. The fourth-order valence-electron chi connectivity index (χ4n) is 3.26. The van der Waals surface area contributed by atoms with E-state index in [0.29, 0.717) is 36.4 Å². The first kappa shape index (κ1) is 22.7. The third-order valence-electron chi connectivity index (χ3n) is 4.91. The van der Waals surface area contributed by atoms with Crippen molar-refractivity contribution >= 4 is 23.5 Å². The number of carbonyl (C=O) groups excluding carboxylic acids is 3. The number of benzene rings is 3. The second-order valence-corrected chi connectivity index (χ2v) is 7.48. The maximum atomic E-state index is 12.6. The standard InChI is InChI=1S/C26H26N2O4/c1-18-7-3-4-9-21(18)13-14-25(30)27-17-20-8-5-11-23(15-20)28-26(31)22-10-6-12-24(16-22)32-19(2)29/h3-12,15-16H,13-14,17H2,1-2H3,(H,27,30)(H,28,31). The van der Waals surface area contributed by atoms with Crippen molar-refractivity contribution in [2.24, 2.45) is 0 Å². The van der Waals surface area contributed by atoms with E-state index in [4.69, 9.17) is 4.74 Å². The van der Waals surface area contributed by atoms with Crippen LogP contribution in [0.5, 0.6) is 5.75 Å². The van der Waals surface area contributed by atoms with E-state index in [0.717, 1.165) is 5.56 Å². The molecule has 6 heteroatoms. The topological polar surface area (TPSA) is 84.5 Å². The van der Waals surface area contributed by atoms with Gasteiger partial charge in [-0.25, -0.2) is 0 Å². The van der Waals surface area contributed by atoms with Crippen LogP contribution in [0.4, 0.5) is 5.69 Å². The lowest BCUT2D eigenvalue weighted by molar-refractivity contribution is -0.131. The average molecular weight is 431 g/mol. The van der Waals surface area contributed by atoms with Crippen LogP contribution in [0.3, 0.4) is 0 Å². The number of esters is 1. The summed E-state index contributed by atoms with van der Waals surface area (Å²) in [5.74, 6) is -0.480. The van der Waals surface area contributed by atoms with Crippen LogP contribution in [0.1, 0.15) is 40.4 Å². The highest BCUT2D eigenvalue weighted by molar-refractivity contribution is 6.04. The molecule has 0 aromatic heterocycles. The van der Waals surface area contributed by atoms with Gasteiger partial charge in [0.2, 0.25) is 5.91 Å². The second-order valence-electron chi connectivity index (χ2n) is 7.48. The number of rotatable bonds is 8. The molecule has 0 spiro atoms. The van der Waals surface area contributed by atoms with Crippen molar-refractivity contribution in [3.63, 3.8) is 0 Å². The zero-order valence-corrected chi connectivity index (χ0v) is 18.2.